The van der Waals surface area contributed by atoms with E-state index in [1.165, 1.54) is 4.57 Å². The average molecular weight is 254 g/mol. The van der Waals surface area contributed by atoms with Crippen molar-refractivity contribution in [2.75, 3.05) is 0 Å². The third kappa shape index (κ3) is 0.970. The molecule has 1 aromatic carbocycles. The summed E-state index contributed by atoms with van der Waals surface area (Å²) in [6, 6.07) is 6.96. The highest BCUT2D eigenvalue weighted by atomic mass is 35.5. The fourth-order valence-corrected chi connectivity index (χ4v) is 2.36. The summed E-state index contributed by atoms with van der Waals surface area (Å²) in [6.07, 6.45) is 0. The minimum absolute atomic E-state index is 0.0134. The van der Waals surface area contributed by atoms with Gasteiger partial charge in [-0.3, -0.25) is 9.36 Å². The van der Waals surface area contributed by atoms with Crippen LogP contribution < -0.4 is 0 Å². The van der Waals surface area contributed by atoms with Crippen molar-refractivity contribution < 1.29 is 9.90 Å². The molecule has 0 unspecified atom stereocenters. The zero-order valence-corrected chi connectivity index (χ0v) is 9.38. The first-order chi connectivity index (χ1) is 7.63. The van der Waals surface area contributed by atoms with Crippen LogP contribution in [0.3, 0.4) is 0 Å². The van der Waals surface area contributed by atoms with Gasteiger partial charge in [-0.15, -0.1) is 0 Å². The van der Waals surface area contributed by atoms with Crippen LogP contribution in [0.1, 0.15) is 16.1 Å². The van der Waals surface area contributed by atoms with Crippen LogP contribution in [0.15, 0.2) is 24.3 Å². The minimum Gasteiger partial charge on any atom is -0.493 e. The Bertz CT molecular complexity index is 631. The van der Waals surface area contributed by atoms with E-state index in [0.29, 0.717) is 11.3 Å². The van der Waals surface area contributed by atoms with E-state index in [-0.39, 0.29) is 27.4 Å². The van der Waals surface area contributed by atoms with Crippen molar-refractivity contribution in [3.63, 3.8) is 0 Å². The second-order valence-corrected chi connectivity index (χ2v) is 4.24. The van der Waals surface area contributed by atoms with Gasteiger partial charge in [0.1, 0.15) is 10.7 Å². The number of fused-ring (bicyclic) bond motifs is 3. The minimum atomic E-state index is -0.220. The van der Waals surface area contributed by atoms with Crippen molar-refractivity contribution in [2.45, 2.75) is 0 Å². The molecule has 3 rings (SSSR count). The Morgan fingerprint density at radius 1 is 1.12 bits per heavy atom. The summed E-state index contributed by atoms with van der Waals surface area (Å²) in [5.74, 6) is -0.414. The van der Waals surface area contributed by atoms with Crippen LogP contribution in [0.4, 0.5) is 0 Å². The van der Waals surface area contributed by atoms with Crippen LogP contribution in [0.5, 0.6) is 5.88 Å². The SMILES string of the molecule is O=C1c2ccccc2-n2c(O)c(Cl)c(Cl)c21. The van der Waals surface area contributed by atoms with Crippen LogP contribution in [0.25, 0.3) is 5.69 Å². The number of ketones is 1. The highest BCUT2D eigenvalue weighted by Gasteiger charge is 2.34. The molecule has 2 heterocycles. The zero-order valence-electron chi connectivity index (χ0n) is 7.87. The van der Waals surface area contributed by atoms with Gasteiger partial charge in [-0.1, -0.05) is 35.3 Å². The second kappa shape index (κ2) is 3.03. The number of carbonyl (C=O) groups excluding carboxylic acids is 1. The third-order valence-corrected chi connectivity index (χ3v) is 3.46. The fourth-order valence-electron chi connectivity index (χ4n) is 1.93. The Balaban J connectivity index is 2.47. The molecule has 0 saturated carbocycles. The summed E-state index contributed by atoms with van der Waals surface area (Å²) >= 11 is 11.7. The summed E-state index contributed by atoms with van der Waals surface area (Å²) in [5, 5.41) is 9.91. The lowest BCUT2D eigenvalue weighted by Gasteiger charge is -2.01. The van der Waals surface area contributed by atoms with Crippen molar-refractivity contribution in [1.29, 1.82) is 0 Å². The first kappa shape index (κ1) is 9.75. The summed E-state index contributed by atoms with van der Waals surface area (Å²) in [4.78, 5) is 12.0. The molecule has 0 amide bonds. The van der Waals surface area contributed by atoms with Crippen LogP contribution >= 0.6 is 23.2 Å². The Hall–Kier alpha value is -1.45. The lowest BCUT2D eigenvalue weighted by atomic mass is 10.1. The van der Waals surface area contributed by atoms with Gasteiger partial charge >= 0.3 is 0 Å². The summed E-state index contributed by atoms with van der Waals surface area (Å²) in [5.41, 5.74) is 1.35. The van der Waals surface area contributed by atoms with Gasteiger partial charge in [0.2, 0.25) is 11.7 Å². The van der Waals surface area contributed by atoms with E-state index in [9.17, 15) is 9.90 Å². The standard InChI is InChI=1S/C11H5Cl2NO2/c12-7-8(13)11(16)14-6-4-2-1-3-5(6)10(15)9(7)14/h1-4,16H. The van der Waals surface area contributed by atoms with Gasteiger partial charge in [0.05, 0.1) is 10.7 Å². The van der Waals surface area contributed by atoms with Gasteiger partial charge in [-0.05, 0) is 12.1 Å². The molecule has 1 aliphatic rings. The van der Waals surface area contributed by atoms with Crippen molar-refractivity contribution in [2.24, 2.45) is 0 Å². The van der Waals surface area contributed by atoms with E-state index in [4.69, 9.17) is 23.2 Å². The lowest BCUT2D eigenvalue weighted by molar-refractivity contribution is 0.104. The van der Waals surface area contributed by atoms with Gasteiger partial charge < -0.3 is 5.11 Å². The molecule has 0 radical (unpaired) electrons. The molecule has 3 nitrogen and oxygen atoms in total. The van der Waals surface area contributed by atoms with E-state index in [1.807, 2.05) is 0 Å². The molecule has 0 aliphatic carbocycles. The molecule has 16 heavy (non-hydrogen) atoms. The molecule has 0 fully saturated rings. The second-order valence-electron chi connectivity index (χ2n) is 3.48. The number of hydrogen-bond acceptors (Lipinski definition) is 2. The van der Waals surface area contributed by atoms with Crippen molar-refractivity contribution >= 4 is 29.0 Å². The molecule has 5 heteroatoms. The summed E-state index contributed by atoms with van der Waals surface area (Å²) < 4.78 is 1.38. The number of nitrogens with zero attached hydrogens (tertiary/aromatic N) is 1. The Labute approximate surface area is 101 Å². The van der Waals surface area contributed by atoms with Gasteiger partial charge in [-0.25, -0.2) is 0 Å². The highest BCUT2D eigenvalue weighted by Crippen LogP contribution is 2.44. The Kier molecular flexibility index (Phi) is 1.85. The van der Waals surface area contributed by atoms with Crippen molar-refractivity contribution in [1.82, 2.24) is 4.57 Å². The van der Waals surface area contributed by atoms with Crippen LogP contribution in [0.2, 0.25) is 10.0 Å². The van der Waals surface area contributed by atoms with E-state index < -0.39 is 0 Å². The van der Waals surface area contributed by atoms with Gasteiger partial charge in [0.15, 0.2) is 0 Å². The van der Waals surface area contributed by atoms with E-state index in [1.54, 1.807) is 24.3 Å². The predicted molar refractivity (Wildman–Crippen MR) is 60.9 cm³/mol. The van der Waals surface area contributed by atoms with Crippen molar-refractivity contribution in [3.05, 3.63) is 45.6 Å². The lowest BCUT2D eigenvalue weighted by Crippen LogP contribution is -1.95. The number of para-hydroxylation sites is 1. The quantitative estimate of drug-likeness (QED) is 0.669. The Morgan fingerprint density at radius 2 is 1.81 bits per heavy atom. The fraction of sp³-hybridized carbons (Fsp3) is 0. The number of aromatic hydroxyl groups is 1. The maximum absolute atomic E-state index is 12.0. The molecule has 0 saturated heterocycles. The molecule has 1 N–H and O–H groups in total. The average Bonchev–Trinajstić information content (AvgIpc) is 2.71. The predicted octanol–water partition coefficient (Wildman–Crippen LogP) is 3.03. The maximum atomic E-state index is 12.0. The largest absolute Gasteiger partial charge is 0.493 e. The first-order valence-electron chi connectivity index (χ1n) is 4.55. The van der Waals surface area contributed by atoms with Crippen molar-refractivity contribution in [3.8, 4) is 11.6 Å². The molecule has 1 aromatic heterocycles. The number of rotatable bonds is 0. The molecular formula is C11H5Cl2NO2. The summed E-state index contributed by atoms with van der Waals surface area (Å²) in [7, 11) is 0. The monoisotopic (exact) mass is 253 g/mol. The molecule has 80 valence electrons. The van der Waals surface area contributed by atoms with E-state index in [2.05, 4.69) is 0 Å². The van der Waals surface area contributed by atoms with E-state index >= 15 is 0 Å². The van der Waals surface area contributed by atoms with Crippen LogP contribution in [-0.2, 0) is 0 Å². The summed E-state index contributed by atoms with van der Waals surface area (Å²) in [6.45, 7) is 0. The van der Waals surface area contributed by atoms with Crippen LogP contribution in [-0.4, -0.2) is 15.5 Å². The van der Waals surface area contributed by atoms with Gasteiger partial charge in [-0.2, -0.15) is 0 Å². The smallest absolute Gasteiger partial charge is 0.217 e. The maximum Gasteiger partial charge on any atom is 0.217 e. The number of benzene rings is 1. The number of carbonyl (C=O) groups is 1. The first-order valence-corrected chi connectivity index (χ1v) is 5.31. The molecule has 1 aliphatic heterocycles. The van der Waals surface area contributed by atoms with Crippen LogP contribution in [0, 0.1) is 0 Å². The number of aromatic nitrogens is 1. The molecule has 2 aromatic rings. The molecule has 0 bridgehead atoms. The Morgan fingerprint density at radius 3 is 2.56 bits per heavy atom. The topological polar surface area (TPSA) is 42.2 Å². The zero-order chi connectivity index (χ0) is 11.4. The molecular weight excluding hydrogens is 249 g/mol. The van der Waals surface area contributed by atoms with E-state index in [0.717, 1.165) is 0 Å². The van der Waals surface area contributed by atoms with Gasteiger partial charge in [0.25, 0.3) is 0 Å². The number of hydrogen-bond donors (Lipinski definition) is 1. The highest BCUT2D eigenvalue weighted by molar-refractivity contribution is 6.46. The normalized spacial score (nSPS) is 12.8. The number of halogens is 2. The third-order valence-electron chi connectivity index (χ3n) is 2.64. The van der Waals surface area contributed by atoms with Gasteiger partial charge in [0, 0.05) is 5.56 Å². The molecule has 0 spiro atoms. The molecule has 0 atom stereocenters.